The Hall–Kier alpha value is -0.610. The largest absolute Gasteiger partial charge is 0.377 e. The summed E-state index contributed by atoms with van der Waals surface area (Å²) in [5, 5.41) is 2.96. The van der Waals surface area contributed by atoms with E-state index in [1.165, 1.54) is 0 Å². The van der Waals surface area contributed by atoms with Crippen molar-refractivity contribution in [3.63, 3.8) is 0 Å². The number of carbonyl (C=O) groups is 1. The van der Waals surface area contributed by atoms with E-state index < -0.39 is 0 Å². The molecule has 0 aromatic rings. The summed E-state index contributed by atoms with van der Waals surface area (Å²) in [4.78, 5) is 12.0. The Morgan fingerprint density at radius 3 is 2.76 bits per heavy atom. The zero-order valence-electron chi connectivity index (χ0n) is 11.2. The second kappa shape index (κ2) is 6.97. The maximum atomic E-state index is 12.0. The van der Waals surface area contributed by atoms with Gasteiger partial charge in [-0.05, 0) is 39.0 Å². The third kappa shape index (κ3) is 5.04. The molecule has 0 aromatic heterocycles. The molecule has 0 heterocycles. The number of nitrogens with two attached hydrogens (primary N) is 1. The lowest BCUT2D eigenvalue weighted by molar-refractivity contribution is -0.127. The van der Waals surface area contributed by atoms with Crippen molar-refractivity contribution >= 4 is 5.91 Å². The van der Waals surface area contributed by atoms with Crippen molar-refractivity contribution in [2.24, 2.45) is 17.6 Å². The van der Waals surface area contributed by atoms with Crippen molar-refractivity contribution in [2.45, 2.75) is 52.2 Å². The van der Waals surface area contributed by atoms with Crippen molar-refractivity contribution < 1.29 is 9.53 Å². The van der Waals surface area contributed by atoms with Gasteiger partial charge >= 0.3 is 0 Å². The van der Waals surface area contributed by atoms with Gasteiger partial charge in [-0.2, -0.15) is 0 Å². The van der Waals surface area contributed by atoms with Crippen LogP contribution in [-0.2, 0) is 9.53 Å². The van der Waals surface area contributed by atoms with Crippen LogP contribution in [0.4, 0.5) is 0 Å². The summed E-state index contributed by atoms with van der Waals surface area (Å²) in [6.07, 6.45) is 2.90. The molecule has 4 atom stereocenters. The quantitative estimate of drug-likeness (QED) is 0.763. The Bertz CT molecular complexity index is 236. The van der Waals surface area contributed by atoms with Gasteiger partial charge in [0.05, 0.1) is 6.10 Å². The number of hydrogen-bond acceptors (Lipinski definition) is 3. The molecular formula is C13H26N2O2. The van der Waals surface area contributed by atoms with E-state index in [0.717, 1.165) is 19.3 Å². The van der Waals surface area contributed by atoms with Gasteiger partial charge in [0.15, 0.2) is 0 Å². The van der Waals surface area contributed by atoms with E-state index >= 15 is 0 Å². The van der Waals surface area contributed by atoms with E-state index in [4.69, 9.17) is 10.5 Å². The Morgan fingerprint density at radius 2 is 2.18 bits per heavy atom. The molecule has 0 radical (unpaired) electrons. The first-order valence-electron chi connectivity index (χ1n) is 6.67. The van der Waals surface area contributed by atoms with Gasteiger partial charge in [-0.15, -0.1) is 0 Å². The number of hydrogen-bond donors (Lipinski definition) is 2. The third-order valence-electron chi connectivity index (χ3n) is 3.36. The van der Waals surface area contributed by atoms with Gasteiger partial charge in [-0.1, -0.05) is 6.92 Å². The van der Waals surface area contributed by atoms with E-state index in [9.17, 15) is 4.79 Å². The second-order valence-electron chi connectivity index (χ2n) is 5.28. The normalized spacial score (nSPS) is 30.9. The van der Waals surface area contributed by atoms with Gasteiger partial charge in [0.25, 0.3) is 0 Å². The van der Waals surface area contributed by atoms with Crippen molar-refractivity contribution in [1.82, 2.24) is 5.32 Å². The smallest absolute Gasteiger partial charge is 0.223 e. The number of amides is 1. The van der Waals surface area contributed by atoms with Gasteiger partial charge in [0.1, 0.15) is 0 Å². The fourth-order valence-electron chi connectivity index (χ4n) is 2.60. The molecule has 0 spiro atoms. The molecule has 4 unspecified atom stereocenters. The number of rotatable bonds is 5. The maximum Gasteiger partial charge on any atom is 0.223 e. The lowest BCUT2D eigenvalue weighted by atomic mass is 9.79. The average molecular weight is 242 g/mol. The molecule has 0 aromatic carbocycles. The number of carbonyl (C=O) groups excluding carboxylic acids is 1. The van der Waals surface area contributed by atoms with Crippen LogP contribution in [0.3, 0.4) is 0 Å². The van der Waals surface area contributed by atoms with Crippen LogP contribution in [0.1, 0.15) is 40.0 Å². The van der Waals surface area contributed by atoms with Crippen LogP contribution in [0.25, 0.3) is 0 Å². The van der Waals surface area contributed by atoms with Crippen LogP contribution in [0.2, 0.25) is 0 Å². The van der Waals surface area contributed by atoms with Gasteiger partial charge in [-0.3, -0.25) is 4.79 Å². The number of ether oxygens (including phenoxy) is 1. The Morgan fingerprint density at radius 1 is 1.47 bits per heavy atom. The highest BCUT2D eigenvalue weighted by Gasteiger charge is 2.29. The molecule has 3 N–H and O–H groups in total. The summed E-state index contributed by atoms with van der Waals surface area (Å²) in [6, 6.07) is 0.179. The summed E-state index contributed by atoms with van der Waals surface area (Å²) < 4.78 is 5.38. The van der Waals surface area contributed by atoms with E-state index in [1.54, 1.807) is 0 Å². The predicted octanol–water partition coefficient (Wildman–Crippen LogP) is 1.29. The minimum Gasteiger partial charge on any atom is -0.377 e. The molecule has 1 saturated carbocycles. The molecular weight excluding hydrogens is 216 g/mol. The molecule has 100 valence electrons. The number of nitrogens with one attached hydrogen (secondary N) is 1. The first kappa shape index (κ1) is 14.5. The zero-order valence-corrected chi connectivity index (χ0v) is 11.2. The Labute approximate surface area is 104 Å². The summed E-state index contributed by atoms with van der Waals surface area (Å²) in [5.41, 5.74) is 5.95. The van der Waals surface area contributed by atoms with Gasteiger partial charge in [0, 0.05) is 25.1 Å². The molecule has 1 amide bonds. The van der Waals surface area contributed by atoms with E-state index in [0.29, 0.717) is 19.1 Å². The van der Waals surface area contributed by atoms with E-state index in [-0.39, 0.29) is 24.0 Å². The minimum atomic E-state index is 0.0821. The highest BCUT2D eigenvalue weighted by atomic mass is 16.5. The molecule has 0 aliphatic heterocycles. The molecule has 0 saturated heterocycles. The van der Waals surface area contributed by atoms with Crippen LogP contribution < -0.4 is 11.1 Å². The third-order valence-corrected chi connectivity index (χ3v) is 3.36. The lowest BCUT2D eigenvalue weighted by Gasteiger charge is -2.30. The summed E-state index contributed by atoms with van der Waals surface area (Å²) in [7, 11) is 0. The second-order valence-corrected chi connectivity index (χ2v) is 5.28. The van der Waals surface area contributed by atoms with Crippen molar-refractivity contribution in [3.8, 4) is 0 Å². The molecule has 17 heavy (non-hydrogen) atoms. The van der Waals surface area contributed by atoms with Gasteiger partial charge in [-0.25, -0.2) is 0 Å². The highest BCUT2D eigenvalue weighted by Crippen LogP contribution is 2.27. The lowest BCUT2D eigenvalue weighted by Crippen LogP contribution is -2.42. The molecule has 1 aliphatic carbocycles. The fraction of sp³-hybridized carbons (Fsp3) is 0.923. The molecule has 4 nitrogen and oxygen atoms in total. The molecule has 0 bridgehead atoms. The first-order chi connectivity index (χ1) is 8.02. The summed E-state index contributed by atoms with van der Waals surface area (Å²) in [6.45, 7) is 7.37. The van der Waals surface area contributed by atoms with E-state index in [2.05, 4.69) is 12.2 Å². The maximum absolute atomic E-state index is 12.0. The Balaban J connectivity index is 2.31. The molecule has 4 heteroatoms. The van der Waals surface area contributed by atoms with Gasteiger partial charge in [0.2, 0.25) is 5.91 Å². The van der Waals surface area contributed by atoms with Gasteiger partial charge < -0.3 is 15.8 Å². The summed E-state index contributed by atoms with van der Waals surface area (Å²) in [5.74, 6) is 0.778. The SMILES string of the molecule is CCOC(C)CNC(=O)C1CC(C)CC(N)C1. The van der Waals surface area contributed by atoms with Crippen LogP contribution in [0, 0.1) is 11.8 Å². The Kier molecular flexibility index (Phi) is 5.92. The highest BCUT2D eigenvalue weighted by molar-refractivity contribution is 5.78. The van der Waals surface area contributed by atoms with Crippen molar-refractivity contribution in [2.75, 3.05) is 13.2 Å². The predicted molar refractivity (Wildman–Crippen MR) is 68.6 cm³/mol. The minimum absolute atomic E-state index is 0.0821. The van der Waals surface area contributed by atoms with Crippen LogP contribution >= 0.6 is 0 Å². The molecule has 1 fully saturated rings. The van der Waals surface area contributed by atoms with Crippen LogP contribution in [0.5, 0.6) is 0 Å². The van der Waals surface area contributed by atoms with Crippen LogP contribution in [-0.4, -0.2) is 31.2 Å². The average Bonchev–Trinajstić information content (AvgIpc) is 2.25. The standard InChI is InChI=1S/C13H26N2O2/c1-4-17-10(3)8-15-13(16)11-5-9(2)6-12(14)7-11/h9-12H,4-8,14H2,1-3H3,(H,15,16). The monoisotopic (exact) mass is 242 g/mol. The van der Waals surface area contributed by atoms with Crippen LogP contribution in [0.15, 0.2) is 0 Å². The fourth-order valence-corrected chi connectivity index (χ4v) is 2.60. The topological polar surface area (TPSA) is 64.3 Å². The summed E-state index contributed by atoms with van der Waals surface area (Å²) >= 11 is 0. The zero-order chi connectivity index (χ0) is 12.8. The molecule has 1 aliphatic rings. The van der Waals surface area contributed by atoms with Crippen molar-refractivity contribution in [1.29, 1.82) is 0 Å². The van der Waals surface area contributed by atoms with E-state index in [1.807, 2.05) is 13.8 Å². The first-order valence-corrected chi connectivity index (χ1v) is 6.67. The molecule has 1 rings (SSSR count). The van der Waals surface area contributed by atoms with Crippen molar-refractivity contribution in [3.05, 3.63) is 0 Å².